The zero-order valence-corrected chi connectivity index (χ0v) is 58.6. The average molecular weight is 1300 g/mol. The van der Waals surface area contributed by atoms with Gasteiger partial charge in [0.25, 0.3) is 0 Å². The van der Waals surface area contributed by atoms with E-state index < -0.39 is 97.5 Å². The van der Waals surface area contributed by atoms with E-state index in [0.29, 0.717) is 25.7 Å². The van der Waals surface area contributed by atoms with Gasteiger partial charge in [-0.3, -0.25) is 37.3 Å². The predicted molar refractivity (Wildman–Crippen MR) is 354 cm³/mol. The van der Waals surface area contributed by atoms with Crippen molar-refractivity contribution in [1.82, 2.24) is 0 Å². The first-order valence-corrected chi connectivity index (χ1v) is 39.1. The highest BCUT2D eigenvalue weighted by molar-refractivity contribution is 7.47. The fourth-order valence-electron chi connectivity index (χ4n) is 10.5. The second-order valence-corrected chi connectivity index (χ2v) is 28.3. The standard InChI is InChI=1S/C69H134O17P2/c1-6-9-12-15-18-20-22-30-34-38-43-48-53-67(72)80-59-65(86-69(74)55-50-45-40-35-31-28-26-24-23-25-27-29-32-37-41-46-51-62(4)5)61-84-88(77,78)82-57-63(70)56-81-87(75,76)83-60-64(58-79-66(71)52-47-42-36-17-14-11-8-3)85-68(73)54-49-44-39-33-21-19-16-13-10-7-2/h62-65,70H,6-61H2,1-5H3,(H,75,76)(H,77,78)/t63-,64+,65+/m0/s1. The van der Waals surface area contributed by atoms with Crippen molar-refractivity contribution in [2.24, 2.45) is 5.92 Å². The molecule has 3 N–H and O–H groups in total. The van der Waals surface area contributed by atoms with Crippen molar-refractivity contribution in [2.45, 2.75) is 374 Å². The summed E-state index contributed by atoms with van der Waals surface area (Å²) in [4.78, 5) is 72.3. The third-order valence-electron chi connectivity index (χ3n) is 16.0. The summed E-state index contributed by atoms with van der Waals surface area (Å²) in [6, 6.07) is 0. The van der Waals surface area contributed by atoms with E-state index in [-0.39, 0.29) is 25.7 Å². The van der Waals surface area contributed by atoms with Crippen LogP contribution in [0.2, 0.25) is 0 Å². The Balaban J connectivity index is 5.16. The van der Waals surface area contributed by atoms with Gasteiger partial charge in [0, 0.05) is 25.7 Å². The maximum Gasteiger partial charge on any atom is 0.472 e. The number of carbonyl (C=O) groups is 4. The maximum atomic E-state index is 13.0. The molecule has 0 radical (unpaired) electrons. The van der Waals surface area contributed by atoms with Gasteiger partial charge in [0.2, 0.25) is 0 Å². The second kappa shape index (κ2) is 62.5. The van der Waals surface area contributed by atoms with Crippen LogP contribution in [0.15, 0.2) is 0 Å². The Labute approximate surface area is 537 Å². The van der Waals surface area contributed by atoms with Crippen molar-refractivity contribution in [3.8, 4) is 0 Å². The zero-order valence-electron chi connectivity index (χ0n) is 56.9. The number of hydrogen-bond donors (Lipinski definition) is 3. The van der Waals surface area contributed by atoms with Crippen molar-refractivity contribution < 1.29 is 80.2 Å². The van der Waals surface area contributed by atoms with Crippen LogP contribution in [-0.4, -0.2) is 96.7 Å². The Morgan fingerprint density at radius 1 is 0.307 bits per heavy atom. The van der Waals surface area contributed by atoms with Gasteiger partial charge < -0.3 is 33.8 Å². The number of ether oxygens (including phenoxy) is 4. The number of aliphatic hydroxyl groups excluding tert-OH is 1. The zero-order chi connectivity index (χ0) is 64.9. The van der Waals surface area contributed by atoms with E-state index in [1.54, 1.807) is 0 Å². The summed E-state index contributed by atoms with van der Waals surface area (Å²) in [5.74, 6) is -1.32. The lowest BCUT2D eigenvalue weighted by molar-refractivity contribution is -0.161. The van der Waals surface area contributed by atoms with Gasteiger partial charge in [-0.1, -0.05) is 304 Å². The number of hydrogen-bond acceptors (Lipinski definition) is 15. The van der Waals surface area contributed by atoms with Gasteiger partial charge >= 0.3 is 39.5 Å². The van der Waals surface area contributed by atoms with Crippen molar-refractivity contribution >= 4 is 39.5 Å². The van der Waals surface area contributed by atoms with Gasteiger partial charge in [-0.25, -0.2) is 9.13 Å². The van der Waals surface area contributed by atoms with Crippen molar-refractivity contribution in [3.63, 3.8) is 0 Å². The highest BCUT2D eigenvalue weighted by Gasteiger charge is 2.30. The quantitative estimate of drug-likeness (QED) is 0.0222. The molecule has 5 atom stereocenters. The average Bonchev–Trinajstić information content (AvgIpc) is 3.61. The number of aliphatic hydroxyl groups is 1. The van der Waals surface area contributed by atoms with E-state index in [9.17, 15) is 43.2 Å². The number of phosphoric ester groups is 2. The summed E-state index contributed by atoms with van der Waals surface area (Å²) in [5.41, 5.74) is 0. The Morgan fingerprint density at radius 3 is 0.773 bits per heavy atom. The molecule has 0 aromatic rings. The Bertz CT molecular complexity index is 1700. The Hall–Kier alpha value is -1.94. The molecule has 0 heterocycles. The molecule has 0 aliphatic heterocycles. The molecule has 88 heavy (non-hydrogen) atoms. The van der Waals surface area contributed by atoms with Gasteiger partial charge in [-0.15, -0.1) is 0 Å². The molecule has 0 aromatic carbocycles. The molecule has 0 amide bonds. The number of carbonyl (C=O) groups excluding carboxylic acids is 4. The normalized spacial score (nSPS) is 14.1. The van der Waals surface area contributed by atoms with E-state index in [0.717, 1.165) is 109 Å². The number of unbranched alkanes of at least 4 members (excludes halogenated alkanes) is 41. The third-order valence-corrected chi connectivity index (χ3v) is 17.9. The minimum atomic E-state index is -4.95. The monoisotopic (exact) mass is 1300 g/mol. The summed E-state index contributed by atoms with van der Waals surface area (Å²) in [7, 11) is -9.89. The number of esters is 4. The molecule has 2 unspecified atom stereocenters. The summed E-state index contributed by atoms with van der Waals surface area (Å²) in [5, 5.41) is 10.6. The Kier molecular flexibility index (Phi) is 61.1. The van der Waals surface area contributed by atoms with Crippen LogP contribution in [0.3, 0.4) is 0 Å². The van der Waals surface area contributed by atoms with Crippen LogP contribution in [0, 0.1) is 5.92 Å². The van der Waals surface area contributed by atoms with Crippen LogP contribution in [-0.2, 0) is 65.4 Å². The third kappa shape index (κ3) is 62.8. The lowest BCUT2D eigenvalue weighted by Gasteiger charge is -2.21. The molecule has 19 heteroatoms. The van der Waals surface area contributed by atoms with Crippen LogP contribution >= 0.6 is 15.6 Å². The molecule has 17 nitrogen and oxygen atoms in total. The van der Waals surface area contributed by atoms with E-state index in [1.165, 1.54) is 167 Å². The Morgan fingerprint density at radius 2 is 0.523 bits per heavy atom. The van der Waals surface area contributed by atoms with Crippen molar-refractivity contribution in [2.75, 3.05) is 39.6 Å². The molecule has 0 aromatic heterocycles. The number of phosphoric acid groups is 2. The first-order valence-electron chi connectivity index (χ1n) is 36.1. The molecular weight excluding hydrogens is 1160 g/mol. The summed E-state index contributed by atoms with van der Waals surface area (Å²) >= 11 is 0. The van der Waals surface area contributed by atoms with E-state index in [1.807, 2.05) is 0 Å². The largest absolute Gasteiger partial charge is 0.472 e. The number of rotatable bonds is 69. The smallest absolute Gasteiger partial charge is 0.462 e. The highest BCUT2D eigenvalue weighted by Crippen LogP contribution is 2.45. The lowest BCUT2D eigenvalue weighted by atomic mass is 10.0. The molecule has 0 saturated heterocycles. The molecule has 0 aliphatic rings. The van der Waals surface area contributed by atoms with Crippen LogP contribution in [0.25, 0.3) is 0 Å². The van der Waals surface area contributed by atoms with Crippen LogP contribution in [0.1, 0.15) is 356 Å². The summed E-state index contributed by atoms with van der Waals surface area (Å²) in [6.45, 7) is 7.22. The fourth-order valence-corrected chi connectivity index (χ4v) is 12.0. The van der Waals surface area contributed by atoms with Gasteiger partial charge in [0.1, 0.15) is 19.3 Å². The predicted octanol–water partition coefficient (Wildman–Crippen LogP) is 19.7. The molecule has 522 valence electrons. The second-order valence-electron chi connectivity index (χ2n) is 25.4. The molecule has 0 saturated carbocycles. The summed E-state index contributed by atoms with van der Waals surface area (Å²) < 4.78 is 68.1. The molecule has 0 aliphatic carbocycles. The van der Waals surface area contributed by atoms with E-state index >= 15 is 0 Å². The topological polar surface area (TPSA) is 237 Å². The van der Waals surface area contributed by atoms with Gasteiger partial charge in [0.15, 0.2) is 12.2 Å². The minimum Gasteiger partial charge on any atom is -0.462 e. The molecule has 0 rings (SSSR count). The van der Waals surface area contributed by atoms with Gasteiger partial charge in [0.05, 0.1) is 26.4 Å². The van der Waals surface area contributed by atoms with Gasteiger partial charge in [-0.05, 0) is 31.6 Å². The molecule has 0 spiro atoms. The SMILES string of the molecule is CCCCCCCCCCCCCCC(=O)OC[C@H](COP(=O)(O)OC[C@@H](O)COP(=O)(O)OC[C@@H](COC(=O)CCCCCCCCC)OC(=O)CCCCCCCCCCCC)OC(=O)CCCCCCCCCCCCCCCCCCC(C)C. The first-order chi connectivity index (χ1) is 42.5. The summed E-state index contributed by atoms with van der Waals surface area (Å²) in [6.07, 6.45) is 48.7. The maximum absolute atomic E-state index is 13.0. The van der Waals surface area contributed by atoms with E-state index in [2.05, 4.69) is 34.6 Å². The van der Waals surface area contributed by atoms with Crippen LogP contribution in [0.5, 0.6) is 0 Å². The van der Waals surface area contributed by atoms with Crippen LogP contribution in [0.4, 0.5) is 0 Å². The van der Waals surface area contributed by atoms with E-state index in [4.69, 9.17) is 37.0 Å². The molecule has 0 fully saturated rings. The van der Waals surface area contributed by atoms with Crippen molar-refractivity contribution in [1.29, 1.82) is 0 Å². The fraction of sp³-hybridized carbons (Fsp3) is 0.942. The van der Waals surface area contributed by atoms with Crippen LogP contribution < -0.4 is 0 Å². The lowest BCUT2D eigenvalue weighted by Crippen LogP contribution is -2.30. The molecule has 0 bridgehead atoms. The highest BCUT2D eigenvalue weighted by atomic mass is 31.2. The molecular formula is C69H134O17P2. The minimum absolute atomic E-state index is 0.106. The van der Waals surface area contributed by atoms with Gasteiger partial charge in [-0.2, -0.15) is 0 Å². The first kappa shape index (κ1) is 86.1. The van der Waals surface area contributed by atoms with Crippen molar-refractivity contribution in [3.05, 3.63) is 0 Å².